The quantitative estimate of drug-likeness (QED) is 0.740. The molecule has 138 valence electrons. The second kappa shape index (κ2) is 7.80. The summed E-state index contributed by atoms with van der Waals surface area (Å²) >= 11 is 6.11. The number of pyridine rings is 1. The summed E-state index contributed by atoms with van der Waals surface area (Å²) in [6, 6.07) is 13.7. The lowest BCUT2D eigenvalue weighted by Gasteiger charge is -2.35. The zero-order chi connectivity index (χ0) is 18.6. The van der Waals surface area contributed by atoms with Crippen molar-refractivity contribution in [3.05, 3.63) is 65.4 Å². The molecule has 6 nitrogen and oxygen atoms in total. The fourth-order valence-electron chi connectivity index (χ4n) is 3.11. The molecule has 0 unspecified atom stereocenters. The lowest BCUT2D eigenvalue weighted by Crippen LogP contribution is -2.47. The molecule has 0 saturated carbocycles. The summed E-state index contributed by atoms with van der Waals surface area (Å²) in [5.41, 5.74) is 2.07. The highest BCUT2D eigenvalue weighted by Crippen LogP contribution is 2.24. The lowest BCUT2D eigenvalue weighted by molar-refractivity contribution is 0.635. The van der Waals surface area contributed by atoms with Crippen LogP contribution in [-0.4, -0.2) is 41.1 Å². The van der Waals surface area contributed by atoms with Crippen LogP contribution in [0.2, 0.25) is 5.02 Å². The van der Waals surface area contributed by atoms with Gasteiger partial charge in [0.15, 0.2) is 0 Å². The molecule has 7 heteroatoms. The van der Waals surface area contributed by atoms with Crippen molar-refractivity contribution in [1.29, 1.82) is 0 Å². The van der Waals surface area contributed by atoms with Crippen LogP contribution in [-0.2, 0) is 0 Å². The summed E-state index contributed by atoms with van der Waals surface area (Å²) in [6.07, 6.45) is 3.62. The van der Waals surface area contributed by atoms with Gasteiger partial charge in [-0.15, -0.1) is 0 Å². The molecule has 0 spiro atoms. The molecule has 27 heavy (non-hydrogen) atoms. The Hall–Kier alpha value is -2.86. The first-order valence-corrected chi connectivity index (χ1v) is 9.34. The van der Waals surface area contributed by atoms with Crippen molar-refractivity contribution in [3.8, 4) is 0 Å². The van der Waals surface area contributed by atoms with E-state index < -0.39 is 0 Å². The Balaban J connectivity index is 1.45. The number of halogens is 1. The Morgan fingerprint density at radius 2 is 1.74 bits per heavy atom. The highest BCUT2D eigenvalue weighted by atomic mass is 35.5. The summed E-state index contributed by atoms with van der Waals surface area (Å²) in [5.74, 6) is 2.52. The van der Waals surface area contributed by atoms with E-state index in [-0.39, 0.29) is 0 Å². The number of nitrogens with one attached hydrogen (secondary N) is 1. The molecule has 4 rings (SSSR count). The standard InChI is InChI=1S/C20H21ClN6/c1-15-5-6-16(21)14-17(15)24-18-7-9-23-20(25-18)27-12-10-26(11-13-27)19-4-2-3-8-22-19/h2-9,14H,10-13H2,1H3,(H,23,24,25). The van der Waals surface area contributed by atoms with Gasteiger partial charge in [-0.2, -0.15) is 4.98 Å². The van der Waals surface area contributed by atoms with Gasteiger partial charge >= 0.3 is 0 Å². The van der Waals surface area contributed by atoms with Gasteiger partial charge in [0.05, 0.1) is 0 Å². The maximum Gasteiger partial charge on any atom is 0.227 e. The second-order valence-corrected chi connectivity index (χ2v) is 6.92. The molecule has 1 fully saturated rings. The first-order valence-electron chi connectivity index (χ1n) is 8.96. The number of hydrogen-bond donors (Lipinski definition) is 1. The summed E-state index contributed by atoms with van der Waals surface area (Å²) < 4.78 is 0. The van der Waals surface area contributed by atoms with E-state index in [1.807, 2.05) is 55.6 Å². The van der Waals surface area contributed by atoms with Gasteiger partial charge in [-0.3, -0.25) is 0 Å². The molecule has 3 heterocycles. The van der Waals surface area contributed by atoms with Crippen molar-refractivity contribution in [1.82, 2.24) is 15.0 Å². The van der Waals surface area contributed by atoms with Crippen molar-refractivity contribution >= 4 is 34.9 Å². The zero-order valence-electron chi connectivity index (χ0n) is 15.1. The molecule has 0 bridgehead atoms. The van der Waals surface area contributed by atoms with Gasteiger partial charge in [0.25, 0.3) is 0 Å². The summed E-state index contributed by atoms with van der Waals surface area (Å²) in [5, 5.41) is 4.04. The summed E-state index contributed by atoms with van der Waals surface area (Å²) in [6.45, 7) is 5.54. The molecule has 2 aromatic heterocycles. The maximum absolute atomic E-state index is 6.11. The smallest absolute Gasteiger partial charge is 0.227 e. The molecule has 0 radical (unpaired) electrons. The molecule has 1 aliphatic heterocycles. The fraction of sp³-hybridized carbons (Fsp3) is 0.250. The molecule has 1 saturated heterocycles. The topological polar surface area (TPSA) is 57.2 Å². The number of benzene rings is 1. The zero-order valence-corrected chi connectivity index (χ0v) is 15.9. The van der Waals surface area contributed by atoms with Gasteiger partial charge < -0.3 is 15.1 Å². The van der Waals surface area contributed by atoms with E-state index in [0.29, 0.717) is 5.02 Å². The number of nitrogens with zero attached hydrogens (tertiary/aromatic N) is 5. The van der Waals surface area contributed by atoms with Crippen LogP contribution in [0.3, 0.4) is 0 Å². The highest BCUT2D eigenvalue weighted by Gasteiger charge is 2.20. The minimum absolute atomic E-state index is 0.697. The van der Waals surface area contributed by atoms with Crippen LogP contribution < -0.4 is 15.1 Å². The van der Waals surface area contributed by atoms with Crippen molar-refractivity contribution in [2.75, 3.05) is 41.3 Å². The maximum atomic E-state index is 6.11. The Morgan fingerprint density at radius 1 is 0.926 bits per heavy atom. The van der Waals surface area contributed by atoms with E-state index >= 15 is 0 Å². The molecule has 0 aliphatic carbocycles. The fourth-order valence-corrected chi connectivity index (χ4v) is 3.29. The molecule has 1 aliphatic rings. The molecular formula is C20H21ClN6. The Labute approximate surface area is 163 Å². The molecule has 0 atom stereocenters. The van der Waals surface area contributed by atoms with E-state index in [9.17, 15) is 0 Å². The highest BCUT2D eigenvalue weighted by molar-refractivity contribution is 6.30. The lowest BCUT2D eigenvalue weighted by atomic mass is 10.2. The van der Waals surface area contributed by atoms with Gasteiger partial charge in [-0.05, 0) is 42.8 Å². The van der Waals surface area contributed by atoms with Crippen molar-refractivity contribution < 1.29 is 0 Å². The van der Waals surface area contributed by atoms with Crippen LogP contribution in [0, 0.1) is 6.92 Å². The third-order valence-electron chi connectivity index (χ3n) is 4.64. The molecule has 1 N–H and O–H groups in total. The SMILES string of the molecule is Cc1ccc(Cl)cc1Nc1ccnc(N2CCN(c3ccccn3)CC2)n1. The minimum atomic E-state index is 0.697. The minimum Gasteiger partial charge on any atom is -0.353 e. The molecule has 3 aromatic rings. The van der Waals surface area contributed by atoms with E-state index in [1.54, 1.807) is 6.20 Å². The summed E-state index contributed by atoms with van der Waals surface area (Å²) in [4.78, 5) is 18.1. The van der Waals surface area contributed by atoms with Crippen LogP contribution in [0.4, 0.5) is 23.3 Å². The molecular weight excluding hydrogens is 360 g/mol. The average molecular weight is 381 g/mol. The molecule has 1 aromatic carbocycles. The number of anilines is 4. The first-order chi connectivity index (χ1) is 13.2. The van der Waals surface area contributed by atoms with Crippen LogP contribution >= 0.6 is 11.6 Å². The van der Waals surface area contributed by atoms with Gasteiger partial charge in [0.1, 0.15) is 11.6 Å². The van der Waals surface area contributed by atoms with Gasteiger partial charge in [-0.25, -0.2) is 9.97 Å². The Kier molecular flexibility index (Phi) is 5.07. The van der Waals surface area contributed by atoms with Gasteiger partial charge in [0.2, 0.25) is 5.95 Å². The van der Waals surface area contributed by atoms with Gasteiger partial charge in [0, 0.05) is 49.3 Å². The Bertz CT molecular complexity index is 909. The predicted molar refractivity (Wildman–Crippen MR) is 110 cm³/mol. The number of hydrogen-bond acceptors (Lipinski definition) is 6. The molecule has 0 amide bonds. The second-order valence-electron chi connectivity index (χ2n) is 6.49. The third-order valence-corrected chi connectivity index (χ3v) is 4.88. The normalized spacial score (nSPS) is 14.3. The number of rotatable bonds is 4. The monoisotopic (exact) mass is 380 g/mol. The van der Waals surface area contributed by atoms with Crippen LogP contribution in [0.1, 0.15) is 5.56 Å². The van der Waals surface area contributed by atoms with E-state index in [2.05, 4.69) is 30.1 Å². The van der Waals surface area contributed by atoms with E-state index in [0.717, 1.165) is 55.0 Å². The van der Waals surface area contributed by atoms with Crippen molar-refractivity contribution in [2.24, 2.45) is 0 Å². The van der Waals surface area contributed by atoms with Crippen molar-refractivity contribution in [3.63, 3.8) is 0 Å². The first kappa shape index (κ1) is 17.5. The summed E-state index contributed by atoms with van der Waals surface area (Å²) in [7, 11) is 0. The van der Waals surface area contributed by atoms with Gasteiger partial charge in [-0.1, -0.05) is 23.7 Å². The average Bonchev–Trinajstić information content (AvgIpc) is 2.72. The van der Waals surface area contributed by atoms with Crippen LogP contribution in [0.15, 0.2) is 54.9 Å². The third kappa shape index (κ3) is 4.11. The van der Waals surface area contributed by atoms with Crippen molar-refractivity contribution in [2.45, 2.75) is 6.92 Å². The van der Waals surface area contributed by atoms with Crippen LogP contribution in [0.5, 0.6) is 0 Å². The van der Waals surface area contributed by atoms with E-state index in [4.69, 9.17) is 11.6 Å². The van der Waals surface area contributed by atoms with Crippen LogP contribution in [0.25, 0.3) is 0 Å². The Morgan fingerprint density at radius 3 is 2.52 bits per heavy atom. The number of aromatic nitrogens is 3. The predicted octanol–water partition coefficient (Wildman–Crippen LogP) is 3.90. The van der Waals surface area contributed by atoms with E-state index in [1.165, 1.54) is 0 Å². The number of piperazine rings is 1. The number of aryl methyl sites for hydroxylation is 1. The largest absolute Gasteiger partial charge is 0.353 e.